The maximum Gasteiger partial charge on any atom is 0.269 e. The van der Waals surface area contributed by atoms with E-state index in [-0.39, 0.29) is 11.6 Å². The normalized spacial score (nSPS) is 9.96. The van der Waals surface area contributed by atoms with E-state index in [0.717, 1.165) is 5.75 Å². The fraction of sp³-hybridized carbons (Fsp3) is 0.188. The number of methoxy groups -OCH3 is 1. The molecule has 0 saturated carbocycles. The third-order valence-electron chi connectivity index (χ3n) is 3.06. The zero-order chi connectivity index (χ0) is 16.7. The largest absolute Gasteiger partial charge is 0.497 e. The van der Waals surface area contributed by atoms with Crippen LogP contribution in [-0.2, 0) is 0 Å². The quantitative estimate of drug-likeness (QED) is 0.481. The first-order chi connectivity index (χ1) is 11.1. The fourth-order valence-electron chi connectivity index (χ4n) is 1.84. The van der Waals surface area contributed by atoms with Gasteiger partial charge in [-0.15, -0.1) is 0 Å². The first kappa shape index (κ1) is 16.3. The van der Waals surface area contributed by atoms with Gasteiger partial charge in [-0.05, 0) is 36.4 Å². The third kappa shape index (κ3) is 4.70. The molecule has 2 rings (SSSR count). The second-order valence-corrected chi connectivity index (χ2v) is 4.58. The number of carbonyl (C=O) groups excluding carboxylic acids is 1. The van der Waals surface area contributed by atoms with Gasteiger partial charge in [0.2, 0.25) is 0 Å². The van der Waals surface area contributed by atoms with E-state index in [1.54, 1.807) is 31.4 Å². The zero-order valence-corrected chi connectivity index (χ0v) is 12.5. The highest BCUT2D eigenvalue weighted by Gasteiger charge is 2.08. The Balaban J connectivity index is 1.76. The van der Waals surface area contributed by atoms with Gasteiger partial charge in [-0.2, -0.15) is 0 Å². The topological polar surface area (TPSA) is 90.7 Å². The number of hydrogen-bond acceptors (Lipinski definition) is 5. The Kier molecular flexibility index (Phi) is 5.51. The molecule has 0 saturated heterocycles. The standard InChI is InChI=1S/C16H16N2O5/c1-22-14-6-8-15(9-7-14)23-11-10-17-16(19)12-2-4-13(5-3-12)18(20)21/h2-9H,10-11H2,1H3,(H,17,19). The Hall–Kier alpha value is -3.09. The second kappa shape index (κ2) is 7.79. The van der Waals surface area contributed by atoms with E-state index < -0.39 is 4.92 Å². The summed E-state index contributed by atoms with van der Waals surface area (Å²) in [4.78, 5) is 21.9. The minimum Gasteiger partial charge on any atom is -0.497 e. The maximum atomic E-state index is 11.9. The Bertz CT molecular complexity index is 668. The van der Waals surface area contributed by atoms with Crippen molar-refractivity contribution in [1.82, 2.24) is 5.32 Å². The number of ether oxygens (including phenoxy) is 2. The van der Waals surface area contributed by atoms with Crippen molar-refractivity contribution in [3.8, 4) is 11.5 Å². The molecule has 0 radical (unpaired) electrons. The lowest BCUT2D eigenvalue weighted by molar-refractivity contribution is -0.384. The van der Waals surface area contributed by atoms with E-state index in [1.165, 1.54) is 24.3 Å². The smallest absolute Gasteiger partial charge is 0.269 e. The van der Waals surface area contributed by atoms with Crippen molar-refractivity contribution in [1.29, 1.82) is 0 Å². The molecule has 7 heteroatoms. The van der Waals surface area contributed by atoms with Crippen LogP contribution in [0.3, 0.4) is 0 Å². The highest BCUT2D eigenvalue weighted by molar-refractivity contribution is 5.94. The number of nitro benzene ring substituents is 1. The number of nitrogens with zero attached hydrogens (tertiary/aromatic N) is 1. The number of benzene rings is 2. The molecule has 0 aliphatic heterocycles. The number of rotatable bonds is 7. The Morgan fingerprint density at radius 2 is 1.70 bits per heavy atom. The summed E-state index contributed by atoms with van der Waals surface area (Å²) in [6.07, 6.45) is 0. The van der Waals surface area contributed by atoms with E-state index in [2.05, 4.69) is 5.32 Å². The molecule has 2 aromatic carbocycles. The van der Waals surface area contributed by atoms with E-state index in [4.69, 9.17) is 9.47 Å². The lowest BCUT2D eigenvalue weighted by atomic mass is 10.2. The molecule has 23 heavy (non-hydrogen) atoms. The van der Waals surface area contributed by atoms with E-state index >= 15 is 0 Å². The second-order valence-electron chi connectivity index (χ2n) is 4.58. The molecule has 0 aliphatic rings. The van der Waals surface area contributed by atoms with Gasteiger partial charge in [0.1, 0.15) is 18.1 Å². The first-order valence-corrected chi connectivity index (χ1v) is 6.89. The van der Waals surface area contributed by atoms with Gasteiger partial charge in [0.25, 0.3) is 11.6 Å². The molecule has 0 heterocycles. The van der Waals surface area contributed by atoms with Gasteiger partial charge < -0.3 is 14.8 Å². The molecule has 0 unspecified atom stereocenters. The van der Waals surface area contributed by atoms with Crippen molar-refractivity contribution < 1.29 is 19.2 Å². The van der Waals surface area contributed by atoms with Crippen LogP contribution >= 0.6 is 0 Å². The van der Waals surface area contributed by atoms with Crippen LogP contribution in [0, 0.1) is 10.1 Å². The molecule has 0 atom stereocenters. The van der Waals surface area contributed by atoms with E-state index in [9.17, 15) is 14.9 Å². The van der Waals surface area contributed by atoms with Gasteiger partial charge in [-0.1, -0.05) is 0 Å². The lowest BCUT2D eigenvalue weighted by Crippen LogP contribution is -2.28. The van der Waals surface area contributed by atoms with Gasteiger partial charge in [0, 0.05) is 17.7 Å². The van der Waals surface area contributed by atoms with Gasteiger partial charge >= 0.3 is 0 Å². The van der Waals surface area contributed by atoms with Gasteiger partial charge in [0.05, 0.1) is 18.6 Å². The van der Waals surface area contributed by atoms with Crippen LogP contribution in [0.15, 0.2) is 48.5 Å². The predicted molar refractivity (Wildman–Crippen MR) is 83.9 cm³/mol. The minimum absolute atomic E-state index is 0.0515. The Labute approximate surface area is 133 Å². The van der Waals surface area contributed by atoms with Crippen LogP contribution in [0.5, 0.6) is 11.5 Å². The van der Waals surface area contributed by atoms with Crippen molar-refractivity contribution >= 4 is 11.6 Å². The van der Waals surface area contributed by atoms with Crippen molar-refractivity contribution in [3.05, 3.63) is 64.2 Å². The van der Waals surface area contributed by atoms with Crippen molar-refractivity contribution in [2.75, 3.05) is 20.3 Å². The molecule has 0 aliphatic carbocycles. The summed E-state index contributed by atoms with van der Waals surface area (Å²) in [7, 11) is 1.59. The number of nitrogens with one attached hydrogen (secondary N) is 1. The molecule has 0 fully saturated rings. The van der Waals surface area contributed by atoms with Crippen LogP contribution in [0.25, 0.3) is 0 Å². The molecule has 1 amide bonds. The Morgan fingerprint density at radius 3 is 2.26 bits per heavy atom. The first-order valence-electron chi connectivity index (χ1n) is 6.89. The van der Waals surface area contributed by atoms with Crippen LogP contribution < -0.4 is 14.8 Å². The monoisotopic (exact) mass is 316 g/mol. The molecular weight excluding hydrogens is 300 g/mol. The average molecular weight is 316 g/mol. The fourth-order valence-corrected chi connectivity index (χ4v) is 1.84. The molecule has 2 aromatic rings. The molecule has 120 valence electrons. The molecule has 0 spiro atoms. The predicted octanol–water partition coefficient (Wildman–Crippen LogP) is 2.41. The summed E-state index contributed by atoms with van der Waals surface area (Å²) in [6, 6.07) is 12.5. The van der Waals surface area contributed by atoms with Crippen LogP contribution in [0.2, 0.25) is 0 Å². The number of carbonyl (C=O) groups is 1. The SMILES string of the molecule is COc1ccc(OCCNC(=O)c2ccc([N+](=O)[O-])cc2)cc1. The highest BCUT2D eigenvalue weighted by atomic mass is 16.6. The molecule has 1 N–H and O–H groups in total. The molecule has 0 bridgehead atoms. The summed E-state index contributed by atoms with van der Waals surface area (Å²) in [5.74, 6) is 1.11. The molecule has 0 aromatic heterocycles. The molecule has 7 nitrogen and oxygen atoms in total. The molecular formula is C16H16N2O5. The number of nitro groups is 1. The maximum absolute atomic E-state index is 11.9. The lowest BCUT2D eigenvalue weighted by Gasteiger charge is -2.08. The van der Waals surface area contributed by atoms with Crippen LogP contribution in [0.4, 0.5) is 5.69 Å². The van der Waals surface area contributed by atoms with Crippen molar-refractivity contribution in [3.63, 3.8) is 0 Å². The van der Waals surface area contributed by atoms with Crippen LogP contribution in [-0.4, -0.2) is 31.1 Å². The summed E-state index contributed by atoms with van der Waals surface area (Å²) in [6.45, 7) is 0.632. The third-order valence-corrected chi connectivity index (χ3v) is 3.06. The van der Waals surface area contributed by atoms with Gasteiger partial charge in [0.15, 0.2) is 0 Å². The zero-order valence-electron chi connectivity index (χ0n) is 12.5. The number of hydrogen-bond donors (Lipinski definition) is 1. The van der Waals surface area contributed by atoms with Crippen molar-refractivity contribution in [2.45, 2.75) is 0 Å². The summed E-state index contributed by atoms with van der Waals surface area (Å²) in [5.41, 5.74) is 0.310. The minimum atomic E-state index is -0.510. The van der Waals surface area contributed by atoms with Crippen LogP contribution in [0.1, 0.15) is 10.4 Å². The summed E-state index contributed by atoms with van der Waals surface area (Å²) < 4.78 is 10.5. The van der Waals surface area contributed by atoms with E-state index in [1.807, 2.05) is 0 Å². The van der Waals surface area contributed by atoms with Gasteiger partial charge in [-0.25, -0.2) is 0 Å². The van der Waals surface area contributed by atoms with E-state index in [0.29, 0.717) is 24.5 Å². The van der Waals surface area contributed by atoms with Crippen molar-refractivity contribution in [2.24, 2.45) is 0 Å². The summed E-state index contributed by atoms with van der Waals surface area (Å²) >= 11 is 0. The summed E-state index contributed by atoms with van der Waals surface area (Å²) in [5, 5.41) is 13.2. The van der Waals surface area contributed by atoms with Gasteiger partial charge in [-0.3, -0.25) is 14.9 Å². The number of amides is 1. The Morgan fingerprint density at radius 1 is 1.09 bits per heavy atom. The average Bonchev–Trinajstić information content (AvgIpc) is 2.59. The highest BCUT2D eigenvalue weighted by Crippen LogP contribution is 2.16. The number of non-ortho nitro benzene ring substituents is 1.